The predicted molar refractivity (Wildman–Crippen MR) is 160 cm³/mol. The normalized spacial score (nSPS) is 21.6. The summed E-state index contributed by atoms with van der Waals surface area (Å²) in [6, 6.07) is 12.7. The molecular formula is C30H32FN7O4S. The van der Waals surface area contributed by atoms with Crippen LogP contribution in [-0.2, 0) is 21.4 Å². The van der Waals surface area contributed by atoms with Crippen molar-refractivity contribution < 1.29 is 22.3 Å². The van der Waals surface area contributed by atoms with Gasteiger partial charge in [0.2, 0.25) is 6.54 Å². The Kier molecular flexibility index (Phi) is 7.66. The van der Waals surface area contributed by atoms with E-state index in [0.717, 1.165) is 30.2 Å². The Hall–Kier alpha value is -4.28. The minimum Gasteiger partial charge on any atom is -0.462 e. The number of sulfonamides is 1. The van der Waals surface area contributed by atoms with Crippen molar-refractivity contribution in [1.29, 1.82) is 0 Å². The van der Waals surface area contributed by atoms with E-state index >= 15 is 0 Å². The number of piperazine rings is 1. The van der Waals surface area contributed by atoms with Crippen LogP contribution in [0.25, 0.3) is 15.6 Å². The number of aromatic nitrogens is 2. The Morgan fingerprint density at radius 2 is 1.93 bits per heavy atom. The summed E-state index contributed by atoms with van der Waals surface area (Å²) in [6.45, 7) is 12.1. The van der Waals surface area contributed by atoms with Crippen LogP contribution < -0.4 is 13.9 Å². The van der Waals surface area contributed by atoms with Gasteiger partial charge in [0.25, 0.3) is 15.9 Å². The van der Waals surface area contributed by atoms with Gasteiger partial charge in [-0.05, 0) is 37.9 Å². The number of amides is 1. The summed E-state index contributed by atoms with van der Waals surface area (Å²) < 4.78 is 49.8. The Bertz CT molecular complexity index is 1740. The molecule has 224 valence electrons. The number of anilines is 2. The minimum atomic E-state index is -4.11. The second-order valence-electron chi connectivity index (χ2n) is 11.0. The van der Waals surface area contributed by atoms with E-state index in [1.54, 1.807) is 11.0 Å². The topological polar surface area (TPSA) is 104 Å². The molecule has 0 radical (unpaired) electrons. The van der Waals surface area contributed by atoms with Crippen molar-refractivity contribution in [2.75, 3.05) is 55.6 Å². The fraction of sp³-hybridized carbons (Fsp3) is 0.400. The first-order chi connectivity index (χ1) is 20.7. The van der Waals surface area contributed by atoms with Gasteiger partial charge in [-0.2, -0.15) is 9.97 Å². The number of ether oxygens (including phenoxy) is 1. The van der Waals surface area contributed by atoms with Gasteiger partial charge in [-0.1, -0.05) is 43.0 Å². The molecule has 2 saturated heterocycles. The highest BCUT2D eigenvalue weighted by Gasteiger charge is 2.44. The van der Waals surface area contributed by atoms with Crippen molar-refractivity contribution in [3.8, 4) is 6.01 Å². The number of halogens is 1. The van der Waals surface area contributed by atoms with Crippen LogP contribution in [0, 0.1) is 6.57 Å². The molecule has 43 heavy (non-hydrogen) atoms. The molecule has 0 spiro atoms. The molecule has 1 aromatic heterocycles. The van der Waals surface area contributed by atoms with Gasteiger partial charge in [-0.3, -0.25) is 9.10 Å². The zero-order chi connectivity index (χ0) is 30.3. The summed E-state index contributed by atoms with van der Waals surface area (Å²) in [5.41, 5.74) is 0.838. The van der Waals surface area contributed by atoms with Crippen molar-refractivity contribution in [3.05, 3.63) is 72.0 Å². The summed E-state index contributed by atoms with van der Waals surface area (Å²) in [7, 11) is -2.08. The molecule has 2 aromatic carbocycles. The predicted octanol–water partition coefficient (Wildman–Crippen LogP) is 3.23. The van der Waals surface area contributed by atoms with Gasteiger partial charge in [0, 0.05) is 31.1 Å². The lowest BCUT2D eigenvalue weighted by atomic mass is 10.1. The monoisotopic (exact) mass is 605 g/mol. The Morgan fingerprint density at radius 1 is 1.14 bits per heavy atom. The van der Waals surface area contributed by atoms with Crippen molar-refractivity contribution in [2.24, 2.45) is 0 Å². The lowest BCUT2D eigenvalue weighted by Crippen LogP contribution is -2.57. The quantitative estimate of drug-likeness (QED) is 0.299. The maximum Gasteiger partial charge on any atom is 0.318 e. The first-order valence-electron chi connectivity index (χ1n) is 14.2. The molecule has 0 N–H and O–H groups in total. The van der Waals surface area contributed by atoms with E-state index in [1.165, 1.54) is 9.21 Å². The molecule has 2 atom stereocenters. The van der Waals surface area contributed by atoms with Crippen LogP contribution in [-0.4, -0.2) is 92.6 Å². The number of rotatable bonds is 7. The molecular weight excluding hydrogens is 573 g/mol. The lowest BCUT2D eigenvalue weighted by Gasteiger charge is -2.39. The second-order valence-corrected chi connectivity index (χ2v) is 12.8. The molecule has 0 bridgehead atoms. The van der Waals surface area contributed by atoms with Crippen molar-refractivity contribution in [2.45, 2.75) is 36.4 Å². The summed E-state index contributed by atoms with van der Waals surface area (Å²) in [5.74, 6) is -1.82. The van der Waals surface area contributed by atoms with Gasteiger partial charge in [0.15, 0.2) is 16.5 Å². The highest BCUT2D eigenvalue weighted by Crippen LogP contribution is 2.42. The van der Waals surface area contributed by atoms with Crippen LogP contribution in [0.15, 0.2) is 59.8 Å². The molecule has 6 rings (SSSR count). The number of hydrogen-bond donors (Lipinski definition) is 0. The Morgan fingerprint density at radius 3 is 2.67 bits per heavy atom. The third-order valence-corrected chi connectivity index (χ3v) is 10.3. The fourth-order valence-corrected chi connectivity index (χ4v) is 7.92. The van der Waals surface area contributed by atoms with Gasteiger partial charge in [-0.25, -0.2) is 19.4 Å². The molecule has 3 aromatic rings. The van der Waals surface area contributed by atoms with Crippen LogP contribution in [0.2, 0.25) is 0 Å². The SMILES string of the molecule is [C-]#[N+]C[C@H]1CN(c2nc(OC[C@@H]3CCCN3C)nc3c2S(=O)(=O)N(c2cccc4ccccc24)C3)CCN1C(=O)C(=C)F. The third-order valence-electron chi connectivity index (χ3n) is 8.43. The summed E-state index contributed by atoms with van der Waals surface area (Å²) in [4.78, 5) is 30.4. The molecule has 1 amide bonds. The van der Waals surface area contributed by atoms with E-state index in [1.807, 2.05) is 43.4 Å². The number of hydrogen-bond acceptors (Lipinski definition) is 8. The van der Waals surface area contributed by atoms with Crippen molar-refractivity contribution in [3.63, 3.8) is 0 Å². The first kappa shape index (κ1) is 28.8. The maximum absolute atomic E-state index is 14.3. The zero-order valence-electron chi connectivity index (χ0n) is 23.8. The summed E-state index contributed by atoms with van der Waals surface area (Å²) >= 11 is 0. The highest BCUT2D eigenvalue weighted by atomic mass is 32.2. The number of nitrogens with zero attached hydrogens (tertiary/aromatic N) is 7. The second kappa shape index (κ2) is 11.4. The molecule has 2 fully saturated rings. The average Bonchev–Trinajstić information content (AvgIpc) is 3.53. The van der Waals surface area contributed by atoms with Crippen molar-refractivity contribution >= 4 is 38.2 Å². The maximum atomic E-state index is 14.3. The molecule has 13 heteroatoms. The Labute approximate surface area is 250 Å². The molecule has 3 aliphatic heterocycles. The van der Waals surface area contributed by atoms with E-state index in [9.17, 15) is 17.6 Å². The summed E-state index contributed by atoms with van der Waals surface area (Å²) in [6.07, 6.45) is 2.04. The number of likely N-dealkylation sites (tertiary alicyclic amines) is 1. The summed E-state index contributed by atoms with van der Waals surface area (Å²) in [5, 5.41) is 1.69. The van der Waals surface area contributed by atoms with Crippen LogP contribution in [0.4, 0.5) is 15.9 Å². The number of likely N-dealkylation sites (N-methyl/N-ethyl adjacent to an activating group) is 1. The molecule has 0 unspecified atom stereocenters. The van der Waals surface area contributed by atoms with Gasteiger partial charge < -0.3 is 24.3 Å². The Balaban J connectivity index is 1.41. The molecule has 4 heterocycles. The number of benzene rings is 2. The highest BCUT2D eigenvalue weighted by molar-refractivity contribution is 7.93. The molecule has 3 aliphatic rings. The standard InChI is InChI=1S/C30H32FN7O4S/c1-20(31)29(39)37-15-14-36(17-23(37)16-32-2)28-27-25(33-30(34-28)42-19-22-10-7-13-35(22)3)18-38(43(27,40)41)26-12-6-9-21-8-4-5-11-24(21)26/h4-6,8-9,11-12,22-23H,1,7,10,13-19H2,3H3/t22-,23-/m0/s1. The average molecular weight is 606 g/mol. The van der Waals surface area contributed by atoms with Gasteiger partial charge >= 0.3 is 6.01 Å². The van der Waals surface area contributed by atoms with E-state index < -0.39 is 27.8 Å². The number of carbonyl (C=O) groups is 1. The van der Waals surface area contributed by atoms with Crippen molar-refractivity contribution in [1.82, 2.24) is 19.8 Å². The smallest absolute Gasteiger partial charge is 0.318 e. The van der Waals surface area contributed by atoms with E-state index in [0.29, 0.717) is 18.0 Å². The zero-order valence-corrected chi connectivity index (χ0v) is 24.6. The van der Waals surface area contributed by atoms with Crippen LogP contribution in [0.5, 0.6) is 6.01 Å². The molecule has 0 saturated carbocycles. The molecule has 11 nitrogen and oxygen atoms in total. The molecule has 0 aliphatic carbocycles. The van der Waals surface area contributed by atoms with E-state index in [2.05, 4.69) is 26.3 Å². The number of carbonyl (C=O) groups excluding carboxylic acids is 1. The van der Waals surface area contributed by atoms with Crippen LogP contribution in [0.1, 0.15) is 18.5 Å². The van der Waals surface area contributed by atoms with Crippen LogP contribution in [0.3, 0.4) is 0 Å². The van der Waals surface area contributed by atoms with Gasteiger partial charge in [0.1, 0.15) is 12.6 Å². The third kappa shape index (κ3) is 5.25. The van der Waals surface area contributed by atoms with Gasteiger partial charge in [-0.15, -0.1) is 0 Å². The first-order valence-corrected chi connectivity index (χ1v) is 15.6. The van der Waals surface area contributed by atoms with E-state index in [4.69, 9.17) is 11.3 Å². The van der Waals surface area contributed by atoms with Crippen LogP contribution >= 0.6 is 0 Å². The largest absolute Gasteiger partial charge is 0.462 e. The minimum absolute atomic E-state index is 0.00745. The van der Waals surface area contributed by atoms with E-state index in [-0.39, 0.29) is 55.5 Å². The lowest BCUT2D eigenvalue weighted by molar-refractivity contribution is -0.131. The number of fused-ring (bicyclic) bond motifs is 2. The van der Waals surface area contributed by atoms with Gasteiger partial charge in [0.05, 0.1) is 17.9 Å². The fourth-order valence-electron chi connectivity index (χ4n) is 6.18.